The zero-order valence-electron chi connectivity index (χ0n) is 11.9. The molecule has 0 saturated heterocycles. The van der Waals surface area contributed by atoms with Crippen LogP contribution in [0.25, 0.3) is 0 Å². The predicted octanol–water partition coefficient (Wildman–Crippen LogP) is 2.66. The Labute approximate surface area is 122 Å². The van der Waals surface area contributed by atoms with Crippen molar-refractivity contribution in [2.75, 3.05) is 13.7 Å². The first-order chi connectivity index (χ1) is 10.1. The maximum Gasteiger partial charge on any atom is 0.216 e. The van der Waals surface area contributed by atoms with Crippen LogP contribution in [0, 0.1) is 11.6 Å². The molecule has 0 bridgehead atoms. The summed E-state index contributed by atoms with van der Waals surface area (Å²) in [5.41, 5.74) is 1.44. The first kappa shape index (κ1) is 15.3. The third kappa shape index (κ3) is 3.95. The molecule has 0 saturated carbocycles. The van der Waals surface area contributed by atoms with Gasteiger partial charge in [0.25, 0.3) is 0 Å². The number of nitrogens with one attached hydrogen (secondary N) is 1. The quantitative estimate of drug-likeness (QED) is 0.889. The molecule has 6 heteroatoms. The largest absolute Gasteiger partial charge is 0.481 e. The number of methoxy groups -OCH3 is 1. The van der Waals surface area contributed by atoms with Crippen molar-refractivity contribution in [3.63, 3.8) is 0 Å². The van der Waals surface area contributed by atoms with E-state index < -0.39 is 11.6 Å². The second-order valence-electron chi connectivity index (χ2n) is 4.55. The van der Waals surface area contributed by atoms with E-state index in [1.54, 1.807) is 12.1 Å². The molecule has 1 heterocycles. The van der Waals surface area contributed by atoms with Crippen molar-refractivity contribution < 1.29 is 13.5 Å². The van der Waals surface area contributed by atoms with Gasteiger partial charge in [-0.05, 0) is 30.7 Å². The summed E-state index contributed by atoms with van der Waals surface area (Å²) in [6.07, 6.45) is 1.91. The van der Waals surface area contributed by atoms with E-state index in [1.807, 2.05) is 6.92 Å². The van der Waals surface area contributed by atoms with Gasteiger partial charge in [-0.1, -0.05) is 13.0 Å². The molecule has 112 valence electrons. The Morgan fingerprint density at radius 1 is 1.19 bits per heavy atom. The molecule has 0 amide bonds. The van der Waals surface area contributed by atoms with Crippen molar-refractivity contribution >= 4 is 0 Å². The van der Waals surface area contributed by atoms with Crippen LogP contribution in [0.1, 0.15) is 24.2 Å². The third-order valence-electron chi connectivity index (χ3n) is 3.10. The van der Waals surface area contributed by atoms with Crippen LogP contribution in [-0.2, 0) is 6.42 Å². The second kappa shape index (κ2) is 7.08. The fourth-order valence-electron chi connectivity index (χ4n) is 2.09. The van der Waals surface area contributed by atoms with Crippen molar-refractivity contribution in [1.82, 2.24) is 15.3 Å². The lowest BCUT2D eigenvalue weighted by atomic mass is 10.0. The van der Waals surface area contributed by atoms with E-state index in [0.717, 1.165) is 18.3 Å². The summed E-state index contributed by atoms with van der Waals surface area (Å²) in [5.74, 6) is -1.22. The molecule has 0 spiro atoms. The van der Waals surface area contributed by atoms with Crippen LogP contribution in [0.15, 0.2) is 30.6 Å². The van der Waals surface area contributed by atoms with E-state index in [4.69, 9.17) is 4.74 Å². The first-order valence-electron chi connectivity index (χ1n) is 6.67. The molecule has 2 rings (SSSR count). The fraction of sp³-hybridized carbons (Fsp3) is 0.333. The smallest absolute Gasteiger partial charge is 0.216 e. The van der Waals surface area contributed by atoms with Gasteiger partial charge in [0.1, 0.15) is 6.33 Å². The summed E-state index contributed by atoms with van der Waals surface area (Å²) >= 11 is 0. The van der Waals surface area contributed by atoms with Gasteiger partial charge in [0, 0.05) is 6.07 Å². The molecule has 4 nitrogen and oxygen atoms in total. The molecule has 21 heavy (non-hydrogen) atoms. The Hall–Kier alpha value is -2.08. The van der Waals surface area contributed by atoms with E-state index >= 15 is 0 Å². The standard InChI is InChI=1S/C15H17F2N3O/c1-3-18-13(14-8-15(21-2)20-9-19-14)7-10-4-5-11(16)12(17)6-10/h4-6,8-9,13,18H,3,7H2,1-2H3. The van der Waals surface area contributed by atoms with Gasteiger partial charge in [0.05, 0.1) is 18.8 Å². The van der Waals surface area contributed by atoms with E-state index in [-0.39, 0.29) is 6.04 Å². The second-order valence-corrected chi connectivity index (χ2v) is 4.55. The molecule has 0 aliphatic rings. The highest BCUT2D eigenvalue weighted by Gasteiger charge is 2.15. The van der Waals surface area contributed by atoms with Crippen molar-refractivity contribution in [3.05, 3.63) is 53.5 Å². The third-order valence-corrected chi connectivity index (χ3v) is 3.10. The molecule has 0 radical (unpaired) electrons. The predicted molar refractivity (Wildman–Crippen MR) is 75.1 cm³/mol. The summed E-state index contributed by atoms with van der Waals surface area (Å²) in [7, 11) is 1.53. The van der Waals surface area contributed by atoms with Gasteiger partial charge >= 0.3 is 0 Å². The SMILES string of the molecule is CCNC(Cc1ccc(F)c(F)c1)c1cc(OC)ncn1. The van der Waals surface area contributed by atoms with Gasteiger partial charge < -0.3 is 10.1 Å². The lowest BCUT2D eigenvalue weighted by Gasteiger charge is -2.18. The number of benzene rings is 1. The number of hydrogen-bond acceptors (Lipinski definition) is 4. The number of likely N-dealkylation sites (N-methyl/N-ethyl adjacent to an activating group) is 1. The highest BCUT2D eigenvalue weighted by atomic mass is 19.2. The van der Waals surface area contributed by atoms with Crippen molar-refractivity contribution in [3.8, 4) is 5.88 Å². The summed E-state index contributed by atoms with van der Waals surface area (Å²) in [4.78, 5) is 8.18. The highest BCUT2D eigenvalue weighted by Crippen LogP contribution is 2.20. The average Bonchev–Trinajstić information content (AvgIpc) is 2.50. The monoisotopic (exact) mass is 293 g/mol. The average molecular weight is 293 g/mol. The molecular weight excluding hydrogens is 276 g/mol. The van der Waals surface area contributed by atoms with Gasteiger partial charge in [-0.3, -0.25) is 0 Å². The summed E-state index contributed by atoms with van der Waals surface area (Å²) in [5, 5.41) is 3.27. The first-order valence-corrected chi connectivity index (χ1v) is 6.67. The topological polar surface area (TPSA) is 47.0 Å². The lowest BCUT2D eigenvalue weighted by Crippen LogP contribution is -2.24. The molecular formula is C15H17F2N3O. The van der Waals surface area contributed by atoms with Crippen LogP contribution in [0.4, 0.5) is 8.78 Å². The maximum atomic E-state index is 13.3. The normalized spacial score (nSPS) is 12.2. The highest BCUT2D eigenvalue weighted by molar-refractivity contribution is 5.23. The Morgan fingerprint density at radius 3 is 2.67 bits per heavy atom. The molecule has 1 aromatic carbocycles. The van der Waals surface area contributed by atoms with Crippen molar-refractivity contribution in [2.24, 2.45) is 0 Å². The summed E-state index contributed by atoms with van der Waals surface area (Å²) < 4.78 is 31.4. The van der Waals surface area contributed by atoms with Crippen molar-refractivity contribution in [1.29, 1.82) is 0 Å². The Kier molecular flexibility index (Phi) is 5.16. The van der Waals surface area contributed by atoms with Gasteiger partial charge in [-0.2, -0.15) is 0 Å². The maximum absolute atomic E-state index is 13.3. The van der Waals surface area contributed by atoms with E-state index in [0.29, 0.717) is 17.9 Å². The number of halogens is 2. The number of rotatable bonds is 6. The summed E-state index contributed by atoms with van der Waals surface area (Å²) in [6.45, 7) is 2.69. The molecule has 0 fully saturated rings. The van der Waals surface area contributed by atoms with Gasteiger partial charge in [0.15, 0.2) is 11.6 Å². The summed E-state index contributed by atoms with van der Waals surface area (Å²) in [6, 6.07) is 5.51. The fourth-order valence-corrected chi connectivity index (χ4v) is 2.09. The zero-order chi connectivity index (χ0) is 15.2. The van der Waals surface area contributed by atoms with E-state index in [2.05, 4.69) is 15.3 Å². The van der Waals surface area contributed by atoms with E-state index in [1.165, 1.54) is 19.5 Å². The van der Waals surface area contributed by atoms with Gasteiger partial charge in [-0.15, -0.1) is 0 Å². The minimum atomic E-state index is -0.845. The number of aromatic nitrogens is 2. The van der Waals surface area contributed by atoms with Crippen LogP contribution in [-0.4, -0.2) is 23.6 Å². The zero-order valence-corrected chi connectivity index (χ0v) is 11.9. The molecule has 1 N–H and O–H groups in total. The lowest BCUT2D eigenvalue weighted by molar-refractivity contribution is 0.393. The van der Waals surface area contributed by atoms with E-state index in [9.17, 15) is 8.78 Å². The van der Waals surface area contributed by atoms with Crippen LogP contribution in [0.2, 0.25) is 0 Å². The van der Waals surface area contributed by atoms with Crippen LogP contribution >= 0.6 is 0 Å². The Bertz CT molecular complexity index is 607. The number of hydrogen-bond donors (Lipinski definition) is 1. The molecule has 2 aromatic rings. The molecule has 1 atom stereocenters. The Balaban J connectivity index is 2.23. The molecule has 0 aliphatic carbocycles. The van der Waals surface area contributed by atoms with Crippen LogP contribution < -0.4 is 10.1 Å². The van der Waals surface area contributed by atoms with Gasteiger partial charge in [0.2, 0.25) is 5.88 Å². The molecule has 1 aromatic heterocycles. The minimum Gasteiger partial charge on any atom is -0.481 e. The van der Waals surface area contributed by atoms with Crippen LogP contribution in [0.3, 0.4) is 0 Å². The number of ether oxygens (including phenoxy) is 1. The van der Waals surface area contributed by atoms with Crippen LogP contribution in [0.5, 0.6) is 5.88 Å². The Morgan fingerprint density at radius 2 is 2.00 bits per heavy atom. The minimum absolute atomic E-state index is 0.128. The molecule has 1 unspecified atom stereocenters. The number of nitrogens with zero attached hydrogens (tertiary/aromatic N) is 2. The molecule has 0 aliphatic heterocycles. The van der Waals surface area contributed by atoms with Gasteiger partial charge in [-0.25, -0.2) is 18.7 Å². The van der Waals surface area contributed by atoms with Crippen molar-refractivity contribution in [2.45, 2.75) is 19.4 Å².